The monoisotopic (exact) mass is 372 g/mol. The smallest absolute Gasteiger partial charge is 0.277 e. The molecular formula is C19H20N2O6. The Bertz CT molecular complexity index is 820. The number of rotatable bonds is 8. The standard InChI is InChI=1S/C19H20N2O6/c1-3-24-16-9-18-17(26-12-27-18)8-13(16)10-20-21-19(22)11-25-15-6-4-14(23-2)5-7-15/h4-10H,3,11-12H2,1-2H3,(H,21,22)/b20-10-. The van der Waals surface area contributed by atoms with Gasteiger partial charge in [0.15, 0.2) is 18.1 Å². The quantitative estimate of drug-likeness (QED) is 0.565. The number of nitrogens with one attached hydrogen (secondary N) is 1. The summed E-state index contributed by atoms with van der Waals surface area (Å²) < 4.78 is 26.7. The van der Waals surface area contributed by atoms with E-state index in [1.165, 1.54) is 6.21 Å². The van der Waals surface area contributed by atoms with Crippen LogP contribution in [0.5, 0.6) is 28.7 Å². The third-order valence-corrected chi connectivity index (χ3v) is 3.63. The highest BCUT2D eigenvalue weighted by Gasteiger charge is 2.17. The maximum Gasteiger partial charge on any atom is 0.277 e. The van der Waals surface area contributed by atoms with Crippen molar-refractivity contribution in [1.82, 2.24) is 5.43 Å². The lowest BCUT2D eigenvalue weighted by Gasteiger charge is -2.08. The number of carbonyl (C=O) groups is 1. The molecule has 0 spiro atoms. The summed E-state index contributed by atoms with van der Waals surface area (Å²) in [6.07, 6.45) is 1.48. The molecule has 1 heterocycles. The van der Waals surface area contributed by atoms with Crippen LogP contribution < -0.4 is 29.1 Å². The zero-order valence-electron chi connectivity index (χ0n) is 15.1. The largest absolute Gasteiger partial charge is 0.497 e. The first-order valence-electron chi connectivity index (χ1n) is 8.34. The minimum Gasteiger partial charge on any atom is -0.497 e. The van der Waals surface area contributed by atoms with E-state index in [1.807, 2.05) is 6.92 Å². The predicted molar refractivity (Wildman–Crippen MR) is 98.0 cm³/mol. The Hall–Kier alpha value is -3.42. The van der Waals surface area contributed by atoms with Crippen LogP contribution in [-0.2, 0) is 4.79 Å². The zero-order valence-corrected chi connectivity index (χ0v) is 15.1. The molecule has 0 unspecified atom stereocenters. The molecule has 2 aromatic rings. The molecule has 0 bridgehead atoms. The van der Waals surface area contributed by atoms with Gasteiger partial charge in [0.2, 0.25) is 6.79 Å². The lowest BCUT2D eigenvalue weighted by atomic mass is 10.2. The maximum atomic E-state index is 11.9. The van der Waals surface area contributed by atoms with Crippen molar-refractivity contribution in [2.75, 3.05) is 27.1 Å². The summed E-state index contributed by atoms with van der Waals surface area (Å²) in [7, 11) is 1.58. The van der Waals surface area contributed by atoms with Gasteiger partial charge in [0.1, 0.15) is 17.2 Å². The Kier molecular flexibility index (Phi) is 5.98. The van der Waals surface area contributed by atoms with Crippen molar-refractivity contribution in [2.24, 2.45) is 5.10 Å². The van der Waals surface area contributed by atoms with Crippen LogP contribution in [0.3, 0.4) is 0 Å². The molecule has 142 valence electrons. The highest BCUT2D eigenvalue weighted by atomic mass is 16.7. The SMILES string of the molecule is CCOc1cc2c(cc1/C=N\NC(=O)COc1ccc(OC)cc1)OCO2. The van der Waals surface area contributed by atoms with Gasteiger partial charge in [0.05, 0.1) is 19.9 Å². The van der Waals surface area contributed by atoms with Crippen molar-refractivity contribution < 1.29 is 28.5 Å². The Balaban J connectivity index is 1.55. The highest BCUT2D eigenvalue weighted by molar-refractivity contribution is 5.86. The number of fused-ring (bicyclic) bond motifs is 1. The van der Waals surface area contributed by atoms with Gasteiger partial charge < -0.3 is 23.7 Å². The minimum atomic E-state index is -0.388. The number of nitrogens with zero attached hydrogens (tertiary/aromatic N) is 1. The fourth-order valence-electron chi connectivity index (χ4n) is 2.35. The van der Waals surface area contributed by atoms with Gasteiger partial charge in [-0.05, 0) is 37.3 Å². The molecule has 0 saturated carbocycles. The van der Waals surface area contributed by atoms with E-state index in [9.17, 15) is 4.79 Å². The summed E-state index contributed by atoms with van der Waals surface area (Å²) in [5.41, 5.74) is 3.08. The molecule has 1 aliphatic rings. The van der Waals surface area contributed by atoms with Crippen LogP contribution in [0.15, 0.2) is 41.5 Å². The summed E-state index contributed by atoms with van der Waals surface area (Å²) in [4.78, 5) is 11.9. The lowest BCUT2D eigenvalue weighted by molar-refractivity contribution is -0.123. The number of hydrogen-bond acceptors (Lipinski definition) is 7. The molecule has 0 radical (unpaired) electrons. The van der Waals surface area contributed by atoms with Gasteiger partial charge in [-0.1, -0.05) is 0 Å². The Morgan fingerprint density at radius 1 is 1.15 bits per heavy atom. The summed E-state index contributed by atoms with van der Waals surface area (Å²) >= 11 is 0. The topological polar surface area (TPSA) is 87.6 Å². The van der Waals surface area contributed by atoms with Crippen molar-refractivity contribution >= 4 is 12.1 Å². The van der Waals surface area contributed by atoms with Crippen molar-refractivity contribution in [1.29, 1.82) is 0 Å². The fourth-order valence-corrected chi connectivity index (χ4v) is 2.35. The molecule has 2 aromatic carbocycles. The molecule has 1 aliphatic heterocycles. The molecule has 1 amide bonds. The second-order valence-electron chi connectivity index (χ2n) is 5.43. The molecule has 27 heavy (non-hydrogen) atoms. The Morgan fingerprint density at radius 3 is 2.56 bits per heavy atom. The van der Waals surface area contributed by atoms with Crippen LogP contribution in [-0.4, -0.2) is 39.2 Å². The zero-order chi connectivity index (χ0) is 19.1. The first-order valence-corrected chi connectivity index (χ1v) is 8.34. The van der Waals surface area contributed by atoms with E-state index in [2.05, 4.69) is 10.5 Å². The van der Waals surface area contributed by atoms with Crippen LogP contribution in [0.25, 0.3) is 0 Å². The molecule has 0 atom stereocenters. The van der Waals surface area contributed by atoms with E-state index < -0.39 is 0 Å². The van der Waals surface area contributed by atoms with E-state index in [0.717, 1.165) is 0 Å². The number of ether oxygens (including phenoxy) is 5. The van der Waals surface area contributed by atoms with Crippen molar-refractivity contribution in [3.05, 3.63) is 42.0 Å². The van der Waals surface area contributed by atoms with Gasteiger partial charge in [-0.25, -0.2) is 5.43 Å². The third-order valence-electron chi connectivity index (χ3n) is 3.63. The van der Waals surface area contributed by atoms with Gasteiger partial charge in [-0.2, -0.15) is 5.10 Å². The van der Waals surface area contributed by atoms with E-state index >= 15 is 0 Å². The first-order chi connectivity index (χ1) is 13.2. The van der Waals surface area contributed by atoms with Gasteiger partial charge in [0.25, 0.3) is 5.91 Å². The molecule has 1 N–H and O–H groups in total. The van der Waals surface area contributed by atoms with Crippen LogP contribution in [0.4, 0.5) is 0 Å². The minimum absolute atomic E-state index is 0.164. The van der Waals surface area contributed by atoms with E-state index in [0.29, 0.717) is 40.9 Å². The molecule has 0 aliphatic carbocycles. The number of amides is 1. The molecule has 8 nitrogen and oxygen atoms in total. The summed E-state index contributed by atoms with van der Waals surface area (Å²) in [6, 6.07) is 10.4. The van der Waals surface area contributed by atoms with Gasteiger partial charge >= 0.3 is 0 Å². The van der Waals surface area contributed by atoms with Crippen molar-refractivity contribution in [2.45, 2.75) is 6.92 Å². The molecule has 0 aromatic heterocycles. The predicted octanol–water partition coefficient (Wildman–Crippen LogP) is 2.35. The van der Waals surface area contributed by atoms with E-state index in [-0.39, 0.29) is 19.3 Å². The number of methoxy groups -OCH3 is 1. The van der Waals surface area contributed by atoms with Crippen molar-refractivity contribution in [3.8, 4) is 28.7 Å². The highest BCUT2D eigenvalue weighted by Crippen LogP contribution is 2.37. The number of hydrogen-bond donors (Lipinski definition) is 1. The second kappa shape index (κ2) is 8.79. The van der Waals surface area contributed by atoms with E-state index in [4.69, 9.17) is 23.7 Å². The number of benzene rings is 2. The van der Waals surface area contributed by atoms with Gasteiger partial charge in [-0.15, -0.1) is 0 Å². The first kappa shape index (κ1) is 18.4. The van der Waals surface area contributed by atoms with Crippen LogP contribution in [0, 0.1) is 0 Å². The molecular weight excluding hydrogens is 352 g/mol. The Morgan fingerprint density at radius 2 is 1.85 bits per heavy atom. The molecule has 8 heteroatoms. The second-order valence-corrected chi connectivity index (χ2v) is 5.43. The van der Waals surface area contributed by atoms with Crippen LogP contribution in [0.1, 0.15) is 12.5 Å². The summed E-state index contributed by atoms with van der Waals surface area (Å²) in [5, 5.41) is 3.95. The summed E-state index contributed by atoms with van der Waals surface area (Å²) in [6.45, 7) is 2.37. The maximum absolute atomic E-state index is 11.9. The van der Waals surface area contributed by atoms with E-state index in [1.54, 1.807) is 43.5 Å². The summed E-state index contributed by atoms with van der Waals surface area (Å²) in [5.74, 6) is 2.70. The van der Waals surface area contributed by atoms with Gasteiger partial charge in [0, 0.05) is 11.6 Å². The molecule has 3 rings (SSSR count). The number of carbonyl (C=O) groups excluding carboxylic acids is 1. The average Bonchev–Trinajstić information content (AvgIpc) is 3.14. The molecule has 0 saturated heterocycles. The average molecular weight is 372 g/mol. The normalized spacial score (nSPS) is 12.1. The fraction of sp³-hybridized carbons (Fsp3) is 0.263. The number of hydrazone groups is 1. The lowest BCUT2D eigenvalue weighted by Crippen LogP contribution is -2.24. The van der Waals surface area contributed by atoms with Crippen LogP contribution in [0.2, 0.25) is 0 Å². The molecule has 0 fully saturated rings. The van der Waals surface area contributed by atoms with Crippen molar-refractivity contribution in [3.63, 3.8) is 0 Å². The van der Waals surface area contributed by atoms with Crippen LogP contribution >= 0.6 is 0 Å². The van der Waals surface area contributed by atoms with Gasteiger partial charge in [-0.3, -0.25) is 4.79 Å². The Labute approximate surface area is 156 Å². The third kappa shape index (κ3) is 4.81.